The molecule has 1 aromatic carbocycles. The first-order valence-corrected chi connectivity index (χ1v) is 13.5. The second kappa shape index (κ2) is 10.5. The minimum atomic E-state index is -0.369. The van der Waals surface area contributed by atoms with Gasteiger partial charge in [0.2, 0.25) is 5.91 Å². The summed E-state index contributed by atoms with van der Waals surface area (Å²) in [6.07, 6.45) is 7.49. The maximum absolute atomic E-state index is 14.6. The topological polar surface area (TPSA) is 137 Å². The third-order valence-corrected chi connectivity index (χ3v) is 7.41. The highest BCUT2D eigenvalue weighted by atomic mass is 19.1. The summed E-state index contributed by atoms with van der Waals surface area (Å²) in [6.45, 7) is 1.91. The van der Waals surface area contributed by atoms with Gasteiger partial charge in [-0.15, -0.1) is 0 Å². The number of imidazole rings is 1. The van der Waals surface area contributed by atoms with Crippen LogP contribution in [0.15, 0.2) is 67.1 Å². The molecule has 5 aromatic heterocycles. The first kappa shape index (κ1) is 25.0. The number of halogens is 1. The van der Waals surface area contributed by atoms with Crippen LogP contribution in [0.3, 0.4) is 0 Å². The summed E-state index contributed by atoms with van der Waals surface area (Å²) < 4.78 is 14.6. The SMILES string of the molecule is O=C(CC1CCNCC1)Nc1cncc(-c2ccc3[nH]nc(-c4nc5c(-c6ccccc6F)nccc5[nH]4)c3n2)c1. The van der Waals surface area contributed by atoms with Crippen molar-refractivity contribution in [1.29, 1.82) is 0 Å². The normalized spacial score (nSPS) is 14.1. The Balaban J connectivity index is 1.20. The number of aromatic nitrogens is 7. The Bertz CT molecular complexity index is 1890. The van der Waals surface area contributed by atoms with Crippen LogP contribution >= 0.6 is 0 Å². The van der Waals surface area contributed by atoms with Gasteiger partial charge in [0.25, 0.3) is 0 Å². The molecule has 0 atom stereocenters. The van der Waals surface area contributed by atoms with Crippen molar-refractivity contribution in [1.82, 2.24) is 40.4 Å². The molecule has 1 saturated heterocycles. The van der Waals surface area contributed by atoms with Crippen LogP contribution in [0.2, 0.25) is 0 Å². The zero-order chi connectivity index (χ0) is 27.8. The van der Waals surface area contributed by atoms with E-state index in [-0.39, 0.29) is 11.7 Å². The Morgan fingerprint density at radius 1 is 0.976 bits per heavy atom. The quantitative estimate of drug-likeness (QED) is 0.228. The lowest BCUT2D eigenvalue weighted by Crippen LogP contribution is -2.30. The largest absolute Gasteiger partial charge is 0.336 e. The summed E-state index contributed by atoms with van der Waals surface area (Å²) in [5.74, 6) is 0.503. The van der Waals surface area contributed by atoms with Crippen molar-refractivity contribution in [2.75, 3.05) is 18.4 Å². The number of pyridine rings is 3. The van der Waals surface area contributed by atoms with Crippen molar-refractivity contribution in [2.45, 2.75) is 19.3 Å². The Hall–Kier alpha value is -5.03. The van der Waals surface area contributed by atoms with E-state index in [4.69, 9.17) is 9.97 Å². The molecule has 4 N–H and O–H groups in total. The Morgan fingerprint density at radius 2 is 1.83 bits per heavy atom. The zero-order valence-electron chi connectivity index (χ0n) is 22.0. The molecule has 1 aliphatic heterocycles. The Kier molecular flexibility index (Phi) is 6.40. The predicted molar refractivity (Wildman–Crippen MR) is 154 cm³/mol. The third-order valence-electron chi connectivity index (χ3n) is 7.41. The lowest BCUT2D eigenvalue weighted by molar-refractivity contribution is -0.117. The minimum Gasteiger partial charge on any atom is -0.336 e. The molecule has 6 aromatic rings. The number of aromatic amines is 2. The van der Waals surface area contributed by atoms with Gasteiger partial charge >= 0.3 is 0 Å². The summed E-state index contributed by atoms with van der Waals surface area (Å²) >= 11 is 0. The Labute approximate surface area is 233 Å². The van der Waals surface area contributed by atoms with E-state index < -0.39 is 0 Å². The molecule has 0 saturated carbocycles. The summed E-state index contributed by atoms with van der Waals surface area (Å²) in [5, 5.41) is 13.8. The standard InChI is InChI=1S/C30H26FN9O/c31-21-4-2-1-3-20(21)26-27-23(9-12-34-26)37-30(38-27)29-28-24(39-40-29)6-5-22(36-28)18-14-19(16-33-15-18)35-25(41)13-17-7-10-32-11-8-17/h1-6,9,12,14-17,32H,7-8,10-11,13H2,(H,35,41)(H,37,38)(H,39,40). The van der Waals surface area contributed by atoms with E-state index in [9.17, 15) is 9.18 Å². The number of amides is 1. The molecule has 10 nitrogen and oxygen atoms in total. The highest BCUT2D eigenvalue weighted by molar-refractivity contribution is 5.95. The van der Waals surface area contributed by atoms with Crippen LogP contribution in [0, 0.1) is 11.7 Å². The summed E-state index contributed by atoms with van der Waals surface area (Å²) in [7, 11) is 0. The van der Waals surface area contributed by atoms with Gasteiger partial charge in [0.1, 0.15) is 22.5 Å². The van der Waals surface area contributed by atoms with Gasteiger partial charge in [0, 0.05) is 29.9 Å². The van der Waals surface area contributed by atoms with Gasteiger partial charge in [-0.1, -0.05) is 12.1 Å². The molecule has 1 amide bonds. The van der Waals surface area contributed by atoms with E-state index in [1.807, 2.05) is 18.2 Å². The molecule has 204 valence electrons. The molecule has 11 heteroatoms. The monoisotopic (exact) mass is 547 g/mol. The first-order valence-electron chi connectivity index (χ1n) is 13.5. The number of fused-ring (bicyclic) bond motifs is 2. The molecule has 6 heterocycles. The van der Waals surface area contributed by atoms with Crippen LogP contribution in [-0.2, 0) is 4.79 Å². The highest BCUT2D eigenvalue weighted by Gasteiger charge is 2.19. The number of anilines is 1. The highest BCUT2D eigenvalue weighted by Crippen LogP contribution is 2.32. The number of H-pyrrole nitrogens is 2. The van der Waals surface area contributed by atoms with E-state index in [2.05, 4.69) is 35.8 Å². The fraction of sp³-hybridized carbons (Fsp3) is 0.200. The first-order chi connectivity index (χ1) is 20.1. The lowest BCUT2D eigenvalue weighted by Gasteiger charge is -2.21. The molecule has 0 spiro atoms. The number of piperidine rings is 1. The fourth-order valence-electron chi connectivity index (χ4n) is 5.33. The summed E-state index contributed by atoms with van der Waals surface area (Å²) in [5.41, 5.74) is 5.99. The van der Waals surface area contributed by atoms with E-state index in [0.717, 1.165) is 37.0 Å². The average molecular weight is 548 g/mol. The van der Waals surface area contributed by atoms with Crippen LogP contribution in [0.25, 0.3) is 56.1 Å². The minimum absolute atomic E-state index is 0.00879. The molecule has 7 rings (SSSR count). The van der Waals surface area contributed by atoms with Crippen LogP contribution in [0.1, 0.15) is 19.3 Å². The van der Waals surface area contributed by atoms with Crippen molar-refractivity contribution in [3.63, 3.8) is 0 Å². The van der Waals surface area contributed by atoms with Crippen LogP contribution < -0.4 is 10.6 Å². The summed E-state index contributed by atoms with van der Waals surface area (Å²) in [6, 6.07) is 13.9. The third kappa shape index (κ3) is 4.91. The molecule has 1 aliphatic rings. The number of nitrogens with zero attached hydrogens (tertiary/aromatic N) is 5. The van der Waals surface area contributed by atoms with E-state index >= 15 is 0 Å². The number of hydrogen-bond donors (Lipinski definition) is 4. The van der Waals surface area contributed by atoms with Gasteiger partial charge in [-0.2, -0.15) is 5.10 Å². The molecule has 0 unspecified atom stereocenters. The summed E-state index contributed by atoms with van der Waals surface area (Å²) in [4.78, 5) is 34.3. The average Bonchev–Trinajstić information content (AvgIpc) is 3.62. The number of carbonyl (C=O) groups excluding carboxylic acids is 1. The molecule has 0 bridgehead atoms. The van der Waals surface area contributed by atoms with Crippen LogP contribution in [-0.4, -0.2) is 54.1 Å². The van der Waals surface area contributed by atoms with Crippen molar-refractivity contribution in [3.05, 3.63) is 72.9 Å². The van der Waals surface area contributed by atoms with Gasteiger partial charge in [0.15, 0.2) is 11.5 Å². The van der Waals surface area contributed by atoms with Gasteiger partial charge in [-0.05, 0) is 68.2 Å². The molecule has 1 fully saturated rings. The molecular weight excluding hydrogens is 521 g/mol. The Morgan fingerprint density at radius 3 is 2.71 bits per heavy atom. The van der Waals surface area contributed by atoms with Crippen molar-refractivity contribution >= 4 is 33.7 Å². The predicted octanol–water partition coefficient (Wildman–Crippen LogP) is 5.09. The van der Waals surface area contributed by atoms with E-state index in [1.54, 1.807) is 42.9 Å². The maximum Gasteiger partial charge on any atom is 0.224 e. The van der Waals surface area contributed by atoms with Gasteiger partial charge in [-0.3, -0.25) is 19.9 Å². The van der Waals surface area contributed by atoms with E-state index in [1.165, 1.54) is 6.07 Å². The lowest BCUT2D eigenvalue weighted by atomic mass is 9.94. The number of carbonyl (C=O) groups is 1. The molecule has 41 heavy (non-hydrogen) atoms. The molecule has 0 radical (unpaired) electrons. The van der Waals surface area contributed by atoms with Crippen molar-refractivity contribution in [2.24, 2.45) is 5.92 Å². The second-order valence-corrected chi connectivity index (χ2v) is 10.2. The smallest absolute Gasteiger partial charge is 0.224 e. The van der Waals surface area contributed by atoms with Crippen molar-refractivity contribution < 1.29 is 9.18 Å². The number of benzene rings is 1. The van der Waals surface area contributed by atoms with Crippen molar-refractivity contribution in [3.8, 4) is 34.0 Å². The van der Waals surface area contributed by atoms with Gasteiger partial charge in [-0.25, -0.2) is 14.4 Å². The second-order valence-electron chi connectivity index (χ2n) is 10.2. The van der Waals surface area contributed by atoms with E-state index in [0.29, 0.717) is 63.0 Å². The zero-order valence-corrected chi connectivity index (χ0v) is 22.0. The van der Waals surface area contributed by atoms with Crippen LogP contribution in [0.5, 0.6) is 0 Å². The molecule has 0 aliphatic carbocycles. The number of hydrogen-bond acceptors (Lipinski definition) is 7. The maximum atomic E-state index is 14.6. The number of nitrogens with one attached hydrogen (secondary N) is 4. The fourth-order valence-corrected chi connectivity index (χ4v) is 5.33. The van der Waals surface area contributed by atoms with Gasteiger partial charge < -0.3 is 15.6 Å². The van der Waals surface area contributed by atoms with Crippen LogP contribution in [0.4, 0.5) is 10.1 Å². The number of rotatable bonds is 6. The van der Waals surface area contributed by atoms with Gasteiger partial charge in [0.05, 0.1) is 28.6 Å². The molecular formula is C30H26FN9O.